The van der Waals surface area contributed by atoms with Crippen LogP contribution in [0.3, 0.4) is 0 Å². The molecule has 694 valence electrons. The number of carbonyl (C=O) groups is 6. The van der Waals surface area contributed by atoms with Crippen LogP contribution in [0.2, 0.25) is 0 Å². The summed E-state index contributed by atoms with van der Waals surface area (Å²) < 4.78 is 43.4. The zero-order valence-corrected chi connectivity index (χ0v) is 78.1. The van der Waals surface area contributed by atoms with Crippen LogP contribution in [0.4, 0.5) is 18.9 Å². The fourth-order valence-electron chi connectivity index (χ4n) is 16.2. The van der Waals surface area contributed by atoms with Crippen molar-refractivity contribution < 1.29 is 46.7 Å². The molecule has 6 aliphatic rings. The van der Waals surface area contributed by atoms with Gasteiger partial charge in [0.25, 0.3) is 0 Å². The summed E-state index contributed by atoms with van der Waals surface area (Å²) in [5, 5.41) is 8.86. The third-order valence-corrected chi connectivity index (χ3v) is 23.4. The average molecular weight is 1840 g/mol. The van der Waals surface area contributed by atoms with Crippen LogP contribution < -0.4 is 0 Å². The highest BCUT2D eigenvalue weighted by Crippen LogP contribution is 2.36. The third-order valence-electron chi connectivity index (χ3n) is 23.4. The zero-order chi connectivity index (χ0) is 97.7. The lowest BCUT2D eigenvalue weighted by molar-refractivity contribution is -0.137. The van der Waals surface area contributed by atoms with E-state index >= 15 is 0 Å². The minimum Gasteiger partial charge on any atom is -0.372 e. The van der Waals surface area contributed by atoms with Crippen LogP contribution in [0.25, 0.3) is 77.8 Å². The molecule has 6 aromatic carbocycles. The number of hydrogen-bond donors (Lipinski definition) is 0. The Balaban J connectivity index is 0.000000141. The van der Waals surface area contributed by atoms with E-state index in [9.17, 15) is 41.9 Å². The number of aromatic nitrogens is 6. The maximum atomic E-state index is 12.9. The number of aryl methyl sites for hydroxylation is 1. The number of pyridine rings is 6. The molecule has 6 fully saturated rings. The number of ketones is 6. The van der Waals surface area contributed by atoms with Crippen LogP contribution in [0.1, 0.15) is 175 Å². The molecule has 0 radical (unpaired) electrons. The molecule has 8 heterocycles. The fraction of sp³-hybridized carbons (Fsp3) is 0.183. The molecule has 2 saturated heterocycles. The molecule has 2 aliphatic heterocycles. The Hall–Kier alpha value is -16.2. The van der Waals surface area contributed by atoms with E-state index < -0.39 is 11.7 Å². The number of benzene rings is 6. The second-order valence-electron chi connectivity index (χ2n) is 34.5. The van der Waals surface area contributed by atoms with Gasteiger partial charge >= 0.3 is 6.18 Å². The van der Waals surface area contributed by atoms with Gasteiger partial charge < -0.3 is 4.74 Å². The fourth-order valence-corrected chi connectivity index (χ4v) is 16.2. The molecule has 0 N–H and O–H groups in total. The number of rotatable bonds is 13. The first-order chi connectivity index (χ1) is 67.5. The summed E-state index contributed by atoms with van der Waals surface area (Å²) >= 11 is 0. The summed E-state index contributed by atoms with van der Waals surface area (Å²) in [4.78, 5) is 107. The summed E-state index contributed by atoms with van der Waals surface area (Å²) in [5.74, 6) is 0.988. The number of alkyl halides is 3. The number of piperidine rings is 1. The van der Waals surface area contributed by atoms with E-state index in [1.807, 2.05) is 262 Å². The first-order valence-corrected chi connectivity index (χ1v) is 46.3. The van der Waals surface area contributed by atoms with Gasteiger partial charge in [-0.1, -0.05) is 182 Å². The highest BCUT2D eigenvalue weighted by molar-refractivity contribution is 6.18. The second-order valence-corrected chi connectivity index (χ2v) is 34.5. The smallest absolute Gasteiger partial charge is 0.372 e. The van der Waals surface area contributed by atoms with Gasteiger partial charge in [-0.3, -0.25) is 63.6 Å². The molecule has 0 atom stereocenters. The van der Waals surface area contributed by atoms with Crippen molar-refractivity contribution in [2.45, 2.75) is 111 Å². The molecule has 139 heavy (non-hydrogen) atoms. The molecule has 12 aromatic rings. The normalized spacial score (nSPS) is 19.2. The number of nitriles is 1. The lowest BCUT2D eigenvalue weighted by Gasteiger charge is -2.32. The predicted molar refractivity (Wildman–Crippen MR) is 548 cm³/mol. The van der Waals surface area contributed by atoms with Crippen molar-refractivity contribution in [3.05, 3.63) is 467 Å². The Bertz CT molecular complexity index is 6330. The zero-order valence-electron chi connectivity index (χ0n) is 78.1. The number of carbonyl (C=O) groups excluding carboxylic acids is 6. The largest absolute Gasteiger partial charge is 0.416 e. The maximum Gasteiger partial charge on any atom is 0.416 e. The third kappa shape index (κ3) is 30.9. The van der Waals surface area contributed by atoms with Gasteiger partial charge in [0.1, 0.15) is 0 Å². The van der Waals surface area contributed by atoms with Crippen molar-refractivity contribution in [3.8, 4) is 6.07 Å². The van der Waals surface area contributed by atoms with Gasteiger partial charge in [-0.2, -0.15) is 18.4 Å². The molecule has 0 spiro atoms. The summed E-state index contributed by atoms with van der Waals surface area (Å²) in [5.41, 5.74) is 22.1. The maximum absolute atomic E-state index is 12.9. The quantitative estimate of drug-likeness (QED) is 0.0774. The summed E-state index contributed by atoms with van der Waals surface area (Å²) in [6.07, 6.45) is 44.9. The molecular weight excluding hydrogens is 1740 g/mol. The Kier molecular flexibility index (Phi) is 36.7. The van der Waals surface area contributed by atoms with E-state index in [-0.39, 0.29) is 34.7 Å². The second kappa shape index (κ2) is 50.9. The SMILES string of the molecule is CC(C)N1C/C(=C\c2ccccc2)C(=O)/C(=C/c2ccccc2)C1.CC1C/C(=C\c2cccnc2)C(=O)/C(=C/c2cccnc2)C1.Cc1ccc(/C=C2\CCC/C(=C\c3ccc(C(F)(F)F)cc3)C2=O)cc1.O=C1/C(=C/c2cccnc2)CCC/C1=C\c1ccccn1.O=C1/C(=C/c2cccnc2)COC/C1=C\c1ccccn1.[C-]#[N+]c1ccc(/C=C2\CCC/C(=C\c3ccc(C#N)cc3)C2=O)cc1. The highest BCUT2D eigenvalue weighted by atomic mass is 19.4. The van der Waals surface area contributed by atoms with E-state index in [2.05, 4.69) is 66.5 Å². The lowest BCUT2D eigenvalue weighted by Crippen LogP contribution is -2.41. The van der Waals surface area contributed by atoms with Crippen molar-refractivity contribution in [1.82, 2.24) is 34.8 Å². The number of allylic oxidation sites excluding steroid dienone is 8. The van der Waals surface area contributed by atoms with E-state index in [1.165, 1.54) is 12.1 Å². The Morgan fingerprint density at radius 2 is 0.669 bits per heavy atom. The number of hydrogen-bond acceptors (Lipinski definition) is 15. The molecular formula is C120H106F3N9O7. The molecule has 6 aromatic heterocycles. The molecule has 0 bridgehead atoms. The number of halogens is 3. The van der Waals surface area contributed by atoms with Crippen LogP contribution in [-0.2, 0) is 39.7 Å². The lowest BCUT2D eigenvalue weighted by atomic mass is 9.81. The number of ether oxygens (including phenoxy) is 1. The van der Waals surface area contributed by atoms with Crippen molar-refractivity contribution >= 4 is 113 Å². The van der Waals surface area contributed by atoms with E-state index in [0.717, 1.165) is 194 Å². The molecule has 19 heteroatoms. The Morgan fingerprint density at radius 1 is 0.367 bits per heavy atom. The van der Waals surface area contributed by atoms with Gasteiger partial charge in [-0.25, -0.2) is 4.85 Å². The van der Waals surface area contributed by atoms with Crippen molar-refractivity contribution in [3.63, 3.8) is 0 Å². The van der Waals surface area contributed by atoms with Crippen LogP contribution in [-0.4, -0.2) is 102 Å². The average Bonchev–Trinajstić information content (AvgIpc) is 0.788. The minimum atomic E-state index is -4.35. The van der Waals surface area contributed by atoms with E-state index in [1.54, 1.807) is 98.4 Å². The summed E-state index contributed by atoms with van der Waals surface area (Å²) in [6.45, 7) is 17.6. The molecule has 0 unspecified atom stereocenters. The molecule has 4 saturated carbocycles. The van der Waals surface area contributed by atoms with Gasteiger partial charge in [0.2, 0.25) is 0 Å². The van der Waals surface area contributed by atoms with Crippen LogP contribution in [0.15, 0.2) is 372 Å². The van der Waals surface area contributed by atoms with Gasteiger partial charge in [0, 0.05) is 148 Å². The minimum absolute atomic E-state index is 0.00996. The summed E-state index contributed by atoms with van der Waals surface area (Å²) in [6, 6.07) is 76.6. The Morgan fingerprint density at radius 3 is 1.03 bits per heavy atom. The standard InChI is InChI=1S/C22H19F3O.C22H16N2O.C22H23NO.C19H18N2O.C18H16N2O.C17H14N2O2/c1-15-5-7-16(8-6-15)13-18-3-2-4-19(21(18)26)14-17-9-11-20(12-10-17)22(23,24)25;1-24-21-11-9-17(10-12-21)14-20-4-2-3-19(22(20)25)13-16-5-7-18(15-23)8-6-16;1-17(2)23-15-20(13-18-9-5-3-6-10-18)22(24)21(16-23)14-19-11-7-4-8-12-19;1-14-8-17(10-15-4-2-6-20-12-15)19(22)18(9-14)11-16-5-3-7-21-13-16;21-18-15(11-14-5-4-9-19-13-14)6-3-7-16(18)12-17-8-1-2-10-20-17;20-17-14(8-13-4-3-6-18-10-13)11-21-12-15(17)9-16-5-1-2-7-19-16/h5-14H,2-4H2,1H3;5-14H,2-4H2;3-14,17H,15-16H2,1-2H3;2-7,10-14H,8-9H2,1H3;1-2,4-5,8-13H,3,6-7H2;1-10H,11-12H2/b18-13+,19-14+;19-13+,20-14+;20-13+,21-14+;17-10+,18-11+;15-11+,16-12+;14-8+,15-9+. The van der Waals surface area contributed by atoms with Crippen LogP contribution in [0.5, 0.6) is 0 Å². The van der Waals surface area contributed by atoms with E-state index in [4.69, 9.17) is 16.6 Å². The topological polar surface area (TPSA) is 220 Å². The molecule has 0 amide bonds. The monoisotopic (exact) mass is 1840 g/mol. The molecule has 4 aliphatic carbocycles. The van der Waals surface area contributed by atoms with Crippen molar-refractivity contribution in [2.24, 2.45) is 5.92 Å². The first-order valence-electron chi connectivity index (χ1n) is 46.3. The predicted octanol–water partition coefficient (Wildman–Crippen LogP) is 26.2. The Labute approximate surface area is 810 Å². The van der Waals surface area contributed by atoms with Gasteiger partial charge in [-0.05, 0) is 299 Å². The van der Waals surface area contributed by atoms with Crippen molar-refractivity contribution in [2.75, 3.05) is 26.3 Å². The van der Waals surface area contributed by atoms with Crippen LogP contribution in [0, 0.1) is 30.7 Å². The first kappa shape index (κ1) is 100. The van der Waals surface area contributed by atoms with E-state index in [0.29, 0.717) is 78.2 Å². The number of nitrogens with zero attached hydrogens (tertiary/aromatic N) is 9. The van der Waals surface area contributed by atoms with Crippen LogP contribution >= 0.6 is 0 Å². The molecule has 16 nitrogen and oxygen atoms in total. The highest BCUT2D eigenvalue weighted by Gasteiger charge is 2.32. The number of Topliss-reactive ketones (excluding diaryl/α,β-unsaturated/α-hetero) is 6. The van der Waals surface area contributed by atoms with Gasteiger partial charge in [0.15, 0.2) is 40.4 Å². The number of likely N-dealkylation sites (tertiary alicyclic amines) is 1. The molecule has 18 rings (SSSR count). The van der Waals surface area contributed by atoms with Crippen molar-refractivity contribution in [1.29, 1.82) is 5.26 Å². The van der Waals surface area contributed by atoms with Gasteiger partial charge in [-0.15, -0.1) is 0 Å². The summed E-state index contributed by atoms with van der Waals surface area (Å²) in [7, 11) is 0. The van der Waals surface area contributed by atoms with Gasteiger partial charge in [0.05, 0.1) is 48.4 Å².